The Morgan fingerprint density at radius 1 is 0.960 bits per heavy atom. The summed E-state index contributed by atoms with van der Waals surface area (Å²) in [6.45, 7) is -0.0865. The molecule has 1 aliphatic rings. The van der Waals surface area contributed by atoms with Gasteiger partial charge in [-0.1, -0.05) is 24.3 Å². The first-order valence-corrected chi connectivity index (χ1v) is 8.11. The maximum Gasteiger partial charge on any atom is 0.228 e. The third kappa shape index (κ3) is 4.29. The van der Waals surface area contributed by atoms with E-state index in [1.807, 2.05) is 36.4 Å². The van der Waals surface area contributed by atoms with Crippen LogP contribution in [0, 0.1) is 0 Å². The number of aliphatic hydroxyl groups excluding tert-OH is 3. The predicted molar refractivity (Wildman–Crippen MR) is 90.6 cm³/mol. The second-order valence-corrected chi connectivity index (χ2v) is 6.04. The van der Waals surface area contributed by atoms with Crippen molar-refractivity contribution in [2.75, 3.05) is 13.7 Å². The molecule has 0 saturated carbocycles. The van der Waals surface area contributed by atoms with E-state index in [1.165, 1.54) is 0 Å². The molecule has 3 rings (SSSR count). The molecule has 0 unspecified atom stereocenters. The largest absolute Gasteiger partial charge is 0.497 e. The number of methoxy groups -OCH3 is 1. The van der Waals surface area contributed by atoms with Crippen LogP contribution in [-0.2, 0) is 11.2 Å². The molecule has 0 spiro atoms. The number of rotatable bonds is 5. The van der Waals surface area contributed by atoms with Crippen LogP contribution < -0.4 is 9.47 Å². The molecule has 0 bridgehead atoms. The van der Waals surface area contributed by atoms with Crippen LogP contribution in [0.4, 0.5) is 0 Å². The van der Waals surface area contributed by atoms with Crippen molar-refractivity contribution >= 4 is 0 Å². The zero-order valence-electron chi connectivity index (χ0n) is 13.9. The number of aliphatic hydroxyl groups is 3. The summed E-state index contributed by atoms with van der Waals surface area (Å²) in [7, 11) is 1.64. The maximum absolute atomic E-state index is 9.90. The highest BCUT2D eigenvalue weighted by atomic mass is 16.7. The van der Waals surface area contributed by atoms with E-state index in [-0.39, 0.29) is 6.61 Å². The lowest BCUT2D eigenvalue weighted by Crippen LogP contribution is -2.54. The van der Waals surface area contributed by atoms with Gasteiger partial charge in [-0.2, -0.15) is 0 Å². The Bertz CT molecular complexity index is 687. The highest BCUT2D eigenvalue weighted by Crippen LogP contribution is 2.22. The fraction of sp³-hybridized carbons (Fsp3) is 0.368. The molecule has 25 heavy (non-hydrogen) atoms. The first kappa shape index (κ1) is 17.7. The molecule has 0 radical (unpaired) electrons. The minimum absolute atomic E-state index is 0.0865. The monoisotopic (exact) mass is 346 g/mol. The van der Waals surface area contributed by atoms with Crippen molar-refractivity contribution in [3.63, 3.8) is 0 Å². The second-order valence-electron chi connectivity index (χ2n) is 6.04. The maximum atomic E-state index is 9.90. The summed E-state index contributed by atoms with van der Waals surface area (Å²) in [5.41, 5.74) is 2.23. The van der Waals surface area contributed by atoms with Gasteiger partial charge in [0.15, 0.2) is 0 Å². The normalized spacial score (nSPS) is 26.2. The van der Waals surface area contributed by atoms with Crippen LogP contribution in [0.15, 0.2) is 48.5 Å². The van der Waals surface area contributed by atoms with E-state index in [2.05, 4.69) is 0 Å². The Hall–Kier alpha value is -2.12. The summed E-state index contributed by atoms with van der Waals surface area (Å²) in [4.78, 5) is 0. The van der Waals surface area contributed by atoms with Crippen molar-refractivity contribution in [3.8, 4) is 11.5 Å². The third-order valence-corrected chi connectivity index (χ3v) is 4.17. The zero-order chi connectivity index (χ0) is 17.8. The molecule has 1 heterocycles. The lowest BCUT2D eigenvalue weighted by Gasteiger charge is -2.34. The van der Waals surface area contributed by atoms with Gasteiger partial charge < -0.3 is 29.5 Å². The van der Waals surface area contributed by atoms with Gasteiger partial charge in [0.2, 0.25) is 6.29 Å². The van der Waals surface area contributed by atoms with Crippen molar-refractivity contribution in [2.45, 2.75) is 31.0 Å². The van der Waals surface area contributed by atoms with E-state index in [0.717, 1.165) is 23.3 Å². The van der Waals surface area contributed by atoms with Gasteiger partial charge in [0.1, 0.15) is 29.8 Å². The lowest BCUT2D eigenvalue weighted by atomic mass is 10.0. The summed E-state index contributed by atoms with van der Waals surface area (Å²) < 4.78 is 16.0. The minimum atomic E-state index is -1.31. The van der Waals surface area contributed by atoms with Crippen LogP contribution in [0.25, 0.3) is 0 Å². The summed E-state index contributed by atoms with van der Waals surface area (Å²) >= 11 is 0. The summed E-state index contributed by atoms with van der Waals surface area (Å²) in [6.07, 6.45) is -3.96. The van der Waals surface area contributed by atoms with Crippen molar-refractivity contribution in [1.82, 2.24) is 0 Å². The van der Waals surface area contributed by atoms with Gasteiger partial charge in [-0.25, -0.2) is 0 Å². The van der Waals surface area contributed by atoms with E-state index in [9.17, 15) is 15.3 Å². The topological polar surface area (TPSA) is 88.4 Å². The molecule has 1 aliphatic heterocycles. The Kier molecular flexibility index (Phi) is 5.55. The van der Waals surface area contributed by atoms with Gasteiger partial charge in [0.25, 0.3) is 0 Å². The summed E-state index contributed by atoms with van der Waals surface area (Å²) in [6, 6.07) is 15.3. The van der Waals surface area contributed by atoms with E-state index in [1.54, 1.807) is 19.2 Å². The minimum Gasteiger partial charge on any atom is -0.497 e. The lowest BCUT2D eigenvalue weighted by molar-refractivity contribution is -0.242. The van der Waals surface area contributed by atoms with E-state index >= 15 is 0 Å². The average Bonchev–Trinajstić information content (AvgIpc) is 2.64. The van der Waals surface area contributed by atoms with Crippen molar-refractivity contribution < 1.29 is 29.5 Å². The molecule has 4 atom stereocenters. The zero-order valence-corrected chi connectivity index (χ0v) is 13.9. The molecular formula is C19H22O6. The van der Waals surface area contributed by atoms with Crippen LogP contribution in [-0.4, -0.2) is 53.6 Å². The molecule has 0 amide bonds. The van der Waals surface area contributed by atoms with Crippen molar-refractivity contribution in [1.29, 1.82) is 0 Å². The molecule has 0 aromatic heterocycles. The first-order chi connectivity index (χ1) is 12.1. The van der Waals surface area contributed by atoms with E-state index < -0.39 is 24.6 Å². The van der Waals surface area contributed by atoms with Gasteiger partial charge >= 0.3 is 0 Å². The molecule has 1 saturated heterocycles. The van der Waals surface area contributed by atoms with E-state index in [4.69, 9.17) is 14.2 Å². The van der Waals surface area contributed by atoms with Crippen LogP contribution >= 0.6 is 0 Å². The smallest absolute Gasteiger partial charge is 0.228 e. The molecule has 6 nitrogen and oxygen atoms in total. The van der Waals surface area contributed by atoms with Crippen LogP contribution in [0.3, 0.4) is 0 Å². The molecular weight excluding hydrogens is 324 g/mol. The van der Waals surface area contributed by atoms with Crippen LogP contribution in [0.2, 0.25) is 0 Å². The Labute approximate surface area is 146 Å². The number of benzene rings is 2. The van der Waals surface area contributed by atoms with Crippen molar-refractivity contribution in [3.05, 3.63) is 59.7 Å². The third-order valence-electron chi connectivity index (χ3n) is 4.17. The number of ether oxygens (including phenoxy) is 3. The fourth-order valence-electron chi connectivity index (χ4n) is 2.72. The van der Waals surface area contributed by atoms with Gasteiger partial charge in [-0.05, 0) is 41.8 Å². The average molecular weight is 346 g/mol. The molecule has 2 aromatic rings. The molecule has 2 aromatic carbocycles. The Morgan fingerprint density at radius 2 is 1.72 bits per heavy atom. The SMILES string of the molecule is COc1cccc(Cc2ccc(O[C@H]3OC[C@H](O)[C@H](O)[C@H]3O)cc2)c1. The fourth-order valence-corrected chi connectivity index (χ4v) is 2.72. The highest BCUT2D eigenvalue weighted by Gasteiger charge is 2.38. The molecule has 134 valence electrons. The quantitative estimate of drug-likeness (QED) is 0.752. The molecule has 0 aliphatic carbocycles. The van der Waals surface area contributed by atoms with Crippen LogP contribution in [0.5, 0.6) is 11.5 Å². The summed E-state index contributed by atoms with van der Waals surface area (Å²) in [5, 5.41) is 29.0. The second kappa shape index (κ2) is 7.84. The van der Waals surface area contributed by atoms with Gasteiger partial charge in [0.05, 0.1) is 13.7 Å². The van der Waals surface area contributed by atoms with Gasteiger partial charge in [-0.3, -0.25) is 0 Å². The van der Waals surface area contributed by atoms with Crippen LogP contribution in [0.1, 0.15) is 11.1 Å². The molecule has 3 N–H and O–H groups in total. The predicted octanol–water partition coefficient (Wildman–Crippen LogP) is 1.10. The first-order valence-electron chi connectivity index (χ1n) is 8.11. The standard InChI is InChI=1S/C19H22O6/c1-23-15-4-2-3-13(10-15)9-12-5-7-14(8-6-12)25-19-18(22)17(21)16(20)11-24-19/h2-8,10,16-22H,9,11H2,1H3/t16-,17-,18+,19+/m0/s1. The van der Waals surface area contributed by atoms with Crippen molar-refractivity contribution in [2.24, 2.45) is 0 Å². The van der Waals surface area contributed by atoms with Gasteiger partial charge in [-0.15, -0.1) is 0 Å². The Morgan fingerprint density at radius 3 is 2.44 bits per heavy atom. The Balaban J connectivity index is 1.62. The summed E-state index contributed by atoms with van der Waals surface area (Å²) in [5.74, 6) is 1.34. The highest BCUT2D eigenvalue weighted by molar-refractivity contribution is 5.35. The van der Waals surface area contributed by atoms with E-state index in [0.29, 0.717) is 5.75 Å². The number of hydrogen-bond donors (Lipinski definition) is 3. The molecule has 1 fully saturated rings. The molecule has 6 heteroatoms. The van der Waals surface area contributed by atoms with Gasteiger partial charge in [0, 0.05) is 0 Å². The number of hydrogen-bond acceptors (Lipinski definition) is 6.